The summed E-state index contributed by atoms with van der Waals surface area (Å²) >= 11 is 1.38. The lowest BCUT2D eigenvalue weighted by molar-refractivity contribution is 0.0969. The highest BCUT2D eigenvalue weighted by Crippen LogP contribution is 2.27. The fourth-order valence-electron chi connectivity index (χ4n) is 2.21. The first-order valence-electron chi connectivity index (χ1n) is 8.41. The molecule has 0 aliphatic carbocycles. The minimum atomic E-state index is -0.207. The van der Waals surface area contributed by atoms with Gasteiger partial charge in [-0.1, -0.05) is 19.1 Å². The summed E-state index contributed by atoms with van der Waals surface area (Å²) in [5, 5.41) is 4.59. The molecule has 0 bridgehead atoms. The summed E-state index contributed by atoms with van der Waals surface area (Å²) in [4.78, 5) is 17.2. The van der Waals surface area contributed by atoms with E-state index in [-0.39, 0.29) is 11.9 Å². The molecular weight excluding hydrogens is 352 g/mol. The number of thiophene rings is 1. The van der Waals surface area contributed by atoms with Gasteiger partial charge in [0, 0.05) is 6.54 Å². The Hall–Kier alpha value is -2.54. The molecule has 140 valence electrons. The number of hydrogen-bond acceptors (Lipinski definition) is 6. The van der Waals surface area contributed by atoms with Crippen molar-refractivity contribution in [2.45, 2.75) is 19.8 Å². The highest BCUT2D eigenvalue weighted by molar-refractivity contribution is 7.12. The van der Waals surface area contributed by atoms with E-state index in [1.807, 2.05) is 36.6 Å². The lowest BCUT2D eigenvalue weighted by atomic mass is 10.1. The molecule has 0 spiro atoms. The predicted octanol–water partition coefficient (Wildman–Crippen LogP) is 3.52. The number of carbonyl (C=O) groups is 1. The van der Waals surface area contributed by atoms with Gasteiger partial charge in [0.15, 0.2) is 11.5 Å². The minimum absolute atomic E-state index is 0.207. The standard InChI is InChI=1S/C19H24N2O4S/c1-4-11-25-19(21-18(22)17-6-5-12-26-17)20-10-9-14-7-8-15(23-2)16(13-14)24-3/h5-8,12-13H,4,9-11H2,1-3H3,(H,20,21,22). The topological polar surface area (TPSA) is 69.2 Å². The fraction of sp³-hybridized carbons (Fsp3) is 0.368. The van der Waals surface area contributed by atoms with Crippen LogP contribution in [0.25, 0.3) is 0 Å². The van der Waals surface area contributed by atoms with Crippen LogP contribution in [-0.2, 0) is 11.2 Å². The zero-order valence-corrected chi connectivity index (χ0v) is 16.1. The molecule has 7 heteroatoms. The van der Waals surface area contributed by atoms with Crippen molar-refractivity contribution >= 4 is 23.3 Å². The number of methoxy groups -OCH3 is 2. The third-order valence-corrected chi connectivity index (χ3v) is 4.38. The van der Waals surface area contributed by atoms with Gasteiger partial charge in [0.25, 0.3) is 11.9 Å². The van der Waals surface area contributed by atoms with E-state index in [0.29, 0.717) is 35.9 Å². The number of hydrogen-bond donors (Lipinski definition) is 1. The smallest absolute Gasteiger partial charge is 0.291 e. The molecule has 0 fully saturated rings. The Morgan fingerprint density at radius 3 is 2.65 bits per heavy atom. The molecule has 0 aliphatic rings. The van der Waals surface area contributed by atoms with Crippen LogP contribution < -0.4 is 14.8 Å². The van der Waals surface area contributed by atoms with Gasteiger partial charge in [0.1, 0.15) is 0 Å². The Balaban J connectivity index is 1.99. The van der Waals surface area contributed by atoms with Crippen molar-refractivity contribution in [1.29, 1.82) is 0 Å². The van der Waals surface area contributed by atoms with Crippen molar-refractivity contribution in [3.63, 3.8) is 0 Å². The van der Waals surface area contributed by atoms with Crippen molar-refractivity contribution in [3.05, 3.63) is 46.2 Å². The van der Waals surface area contributed by atoms with E-state index in [9.17, 15) is 4.79 Å². The summed E-state index contributed by atoms with van der Waals surface area (Å²) < 4.78 is 16.1. The highest BCUT2D eigenvalue weighted by Gasteiger charge is 2.11. The lowest BCUT2D eigenvalue weighted by Gasteiger charge is -2.10. The average Bonchev–Trinajstić information content (AvgIpc) is 3.20. The van der Waals surface area contributed by atoms with Crippen LogP contribution in [-0.4, -0.2) is 39.3 Å². The van der Waals surface area contributed by atoms with Gasteiger partial charge in [-0.05, 0) is 42.0 Å². The summed E-state index contributed by atoms with van der Waals surface area (Å²) in [5.41, 5.74) is 1.06. The van der Waals surface area contributed by atoms with Crippen molar-refractivity contribution in [2.24, 2.45) is 4.99 Å². The molecule has 2 aromatic rings. The molecule has 1 N–H and O–H groups in total. The van der Waals surface area contributed by atoms with E-state index in [1.165, 1.54) is 11.3 Å². The van der Waals surface area contributed by atoms with Gasteiger partial charge in [0.05, 0.1) is 25.7 Å². The average molecular weight is 376 g/mol. The number of benzene rings is 1. The van der Waals surface area contributed by atoms with E-state index in [1.54, 1.807) is 20.3 Å². The molecule has 2 rings (SSSR count). The number of ether oxygens (including phenoxy) is 3. The van der Waals surface area contributed by atoms with Crippen molar-refractivity contribution < 1.29 is 19.0 Å². The highest BCUT2D eigenvalue weighted by atomic mass is 32.1. The number of nitrogens with one attached hydrogen (secondary N) is 1. The molecule has 0 unspecified atom stereocenters. The maximum absolute atomic E-state index is 12.2. The molecule has 1 aromatic heterocycles. The van der Waals surface area contributed by atoms with Crippen LogP contribution in [0.1, 0.15) is 28.6 Å². The molecular formula is C19H24N2O4S. The second kappa shape index (κ2) is 10.5. The molecule has 6 nitrogen and oxygen atoms in total. The van der Waals surface area contributed by atoms with Crippen LogP contribution in [0.15, 0.2) is 40.7 Å². The number of amides is 1. The Kier molecular flexibility index (Phi) is 7.95. The second-order valence-electron chi connectivity index (χ2n) is 5.41. The molecule has 1 aromatic carbocycles. The molecule has 26 heavy (non-hydrogen) atoms. The Morgan fingerprint density at radius 1 is 1.19 bits per heavy atom. The van der Waals surface area contributed by atoms with Gasteiger partial charge in [0.2, 0.25) is 0 Å². The first-order valence-corrected chi connectivity index (χ1v) is 9.29. The van der Waals surface area contributed by atoms with E-state index in [0.717, 1.165) is 12.0 Å². The second-order valence-corrected chi connectivity index (χ2v) is 6.35. The summed E-state index contributed by atoms with van der Waals surface area (Å²) in [5.74, 6) is 1.17. The van der Waals surface area contributed by atoms with Gasteiger partial charge in [-0.3, -0.25) is 10.1 Å². The maximum Gasteiger partial charge on any atom is 0.291 e. The first kappa shape index (κ1) is 19.8. The monoisotopic (exact) mass is 376 g/mol. The van der Waals surface area contributed by atoms with Crippen molar-refractivity contribution in [3.8, 4) is 11.5 Å². The third-order valence-electron chi connectivity index (χ3n) is 3.51. The third kappa shape index (κ3) is 5.77. The zero-order valence-electron chi connectivity index (χ0n) is 15.3. The summed E-state index contributed by atoms with van der Waals surface area (Å²) in [7, 11) is 3.21. The van der Waals surface area contributed by atoms with Crippen LogP contribution in [0.4, 0.5) is 0 Å². The van der Waals surface area contributed by atoms with Crippen LogP contribution in [0, 0.1) is 0 Å². The summed E-state index contributed by atoms with van der Waals surface area (Å²) in [6, 6.07) is 9.61. The predicted molar refractivity (Wildman–Crippen MR) is 104 cm³/mol. The van der Waals surface area contributed by atoms with Crippen LogP contribution in [0.5, 0.6) is 11.5 Å². The van der Waals surface area contributed by atoms with Gasteiger partial charge in [-0.2, -0.15) is 0 Å². The zero-order chi connectivity index (χ0) is 18.8. The molecule has 1 amide bonds. The molecule has 0 aliphatic heterocycles. The lowest BCUT2D eigenvalue weighted by Crippen LogP contribution is -2.32. The van der Waals surface area contributed by atoms with E-state index in [2.05, 4.69) is 10.3 Å². The minimum Gasteiger partial charge on any atom is -0.493 e. The van der Waals surface area contributed by atoms with Gasteiger partial charge in [-0.15, -0.1) is 11.3 Å². The molecule has 0 saturated heterocycles. The largest absolute Gasteiger partial charge is 0.493 e. The maximum atomic E-state index is 12.2. The van der Waals surface area contributed by atoms with Crippen LogP contribution >= 0.6 is 11.3 Å². The molecule has 0 saturated carbocycles. The normalized spacial score (nSPS) is 11.1. The number of amidine groups is 1. The Morgan fingerprint density at radius 2 is 2.00 bits per heavy atom. The van der Waals surface area contributed by atoms with Crippen molar-refractivity contribution in [1.82, 2.24) is 5.32 Å². The molecule has 0 radical (unpaired) electrons. The number of carbonyl (C=O) groups excluding carboxylic acids is 1. The summed E-state index contributed by atoms with van der Waals surface area (Å²) in [6.45, 7) is 2.99. The summed E-state index contributed by atoms with van der Waals surface area (Å²) in [6.07, 6.45) is 1.53. The number of nitrogens with zero attached hydrogens (tertiary/aromatic N) is 1. The van der Waals surface area contributed by atoms with E-state index < -0.39 is 0 Å². The van der Waals surface area contributed by atoms with Gasteiger partial charge < -0.3 is 14.2 Å². The van der Waals surface area contributed by atoms with Crippen LogP contribution in [0.3, 0.4) is 0 Å². The van der Waals surface area contributed by atoms with E-state index in [4.69, 9.17) is 14.2 Å². The van der Waals surface area contributed by atoms with Crippen LogP contribution in [0.2, 0.25) is 0 Å². The van der Waals surface area contributed by atoms with Gasteiger partial charge >= 0.3 is 0 Å². The fourth-order valence-corrected chi connectivity index (χ4v) is 2.83. The molecule has 0 atom stereocenters. The quantitative estimate of drug-likeness (QED) is 0.565. The van der Waals surface area contributed by atoms with Crippen molar-refractivity contribution in [2.75, 3.05) is 27.4 Å². The molecule has 1 heterocycles. The SMILES string of the molecule is CCCOC(=NCCc1ccc(OC)c(OC)c1)NC(=O)c1cccs1. The Labute approximate surface area is 157 Å². The van der Waals surface area contributed by atoms with E-state index >= 15 is 0 Å². The first-order chi connectivity index (χ1) is 12.7. The number of aliphatic imine (C=N–C) groups is 1. The van der Waals surface area contributed by atoms with Gasteiger partial charge in [-0.25, -0.2) is 4.99 Å². The Bertz CT molecular complexity index is 729. The number of rotatable bonds is 8.